The highest BCUT2D eigenvalue weighted by Crippen LogP contribution is 2.36. The van der Waals surface area contributed by atoms with Gasteiger partial charge in [-0.2, -0.15) is 0 Å². The molecule has 0 radical (unpaired) electrons. The van der Waals surface area contributed by atoms with Gasteiger partial charge in [0.15, 0.2) is 0 Å². The van der Waals surface area contributed by atoms with E-state index < -0.39 is 0 Å². The summed E-state index contributed by atoms with van der Waals surface area (Å²) in [6.07, 6.45) is 1.89. The smallest absolute Gasteiger partial charge is 0.256 e. The number of methoxy groups -OCH3 is 2. The summed E-state index contributed by atoms with van der Waals surface area (Å²) in [5, 5.41) is 6.62. The third-order valence-electron chi connectivity index (χ3n) is 4.06. The molecule has 0 atom stereocenters. The van der Waals surface area contributed by atoms with E-state index in [9.17, 15) is 4.79 Å². The summed E-state index contributed by atoms with van der Waals surface area (Å²) < 4.78 is 10.5. The monoisotopic (exact) mass is 346 g/mol. The molecule has 0 bridgehead atoms. The van der Waals surface area contributed by atoms with Gasteiger partial charge >= 0.3 is 0 Å². The van der Waals surface area contributed by atoms with E-state index in [1.165, 1.54) is 14.2 Å². The van der Waals surface area contributed by atoms with Crippen LogP contribution in [0.25, 0.3) is 0 Å². The second kappa shape index (κ2) is 7.01. The number of halogens is 1. The van der Waals surface area contributed by atoms with Crippen molar-refractivity contribution in [2.45, 2.75) is 12.8 Å². The van der Waals surface area contributed by atoms with Crippen molar-refractivity contribution in [2.24, 2.45) is 0 Å². The standard InChI is InChI=1S/C18H19ClN2O3/c1-23-16-10-17(24-2)15(9-13(16)19)21-18(22)12-5-3-7-14-11(12)6-4-8-20-14/h3,5,7,9-10,20H,4,6,8H2,1-2H3,(H,21,22). The van der Waals surface area contributed by atoms with Crippen molar-refractivity contribution in [2.75, 3.05) is 31.4 Å². The molecule has 0 saturated heterocycles. The third-order valence-corrected chi connectivity index (χ3v) is 4.36. The average molecular weight is 347 g/mol. The molecule has 0 aromatic heterocycles. The molecule has 1 heterocycles. The molecule has 1 amide bonds. The molecule has 6 heteroatoms. The first-order chi connectivity index (χ1) is 11.6. The zero-order valence-corrected chi connectivity index (χ0v) is 14.4. The van der Waals surface area contributed by atoms with Gasteiger partial charge in [0, 0.05) is 23.9 Å². The maximum Gasteiger partial charge on any atom is 0.256 e. The summed E-state index contributed by atoms with van der Waals surface area (Å²) in [7, 11) is 3.06. The first kappa shape index (κ1) is 16.5. The molecule has 2 N–H and O–H groups in total. The molecule has 2 aromatic carbocycles. The highest BCUT2D eigenvalue weighted by atomic mass is 35.5. The number of fused-ring (bicyclic) bond motifs is 1. The fourth-order valence-electron chi connectivity index (χ4n) is 2.87. The van der Waals surface area contributed by atoms with Gasteiger partial charge in [-0.25, -0.2) is 0 Å². The number of ether oxygens (including phenoxy) is 2. The predicted octanol–water partition coefficient (Wildman–Crippen LogP) is 3.97. The Morgan fingerprint density at radius 3 is 2.75 bits per heavy atom. The van der Waals surface area contributed by atoms with Crippen molar-refractivity contribution in [3.05, 3.63) is 46.5 Å². The molecule has 0 aliphatic carbocycles. The molecule has 0 saturated carbocycles. The molecule has 1 aliphatic rings. The summed E-state index contributed by atoms with van der Waals surface area (Å²) in [6, 6.07) is 8.99. The van der Waals surface area contributed by atoms with E-state index >= 15 is 0 Å². The van der Waals surface area contributed by atoms with Gasteiger partial charge in [-0.15, -0.1) is 0 Å². The lowest BCUT2D eigenvalue weighted by molar-refractivity contribution is 0.102. The van der Waals surface area contributed by atoms with Gasteiger partial charge in [-0.3, -0.25) is 4.79 Å². The molecule has 3 rings (SSSR count). The van der Waals surface area contributed by atoms with Crippen LogP contribution < -0.4 is 20.1 Å². The minimum absolute atomic E-state index is 0.185. The Kier molecular flexibility index (Phi) is 4.81. The van der Waals surface area contributed by atoms with Crippen molar-refractivity contribution >= 4 is 28.9 Å². The normalized spacial score (nSPS) is 12.8. The van der Waals surface area contributed by atoms with Gasteiger partial charge in [-0.1, -0.05) is 17.7 Å². The number of hydrogen-bond acceptors (Lipinski definition) is 4. The Morgan fingerprint density at radius 2 is 2.00 bits per heavy atom. The van der Waals surface area contributed by atoms with E-state index in [1.54, 1.807) is 12.1 Å². The molecule has 0 spiro atoms. The Morgan fingerprint density at radius 1 is 1.21 bits per heavy atom. The van der Waals surface area contributed by atoms with E-state index in [0.29, 0.717) is 27.8 Å². The lowest BCUT2D eigenvalue weighted by Gasteiger charge is -2.21. The van der Waals surface area contributed by atoms with Crippen molar-refractivity contribution in [1.29, 1.82) is 0 Å². The lowest BCUT2D eigenvalue weighted by atomic mass is 9.97. The van der Waals surface area contributed by atoms with Crippen LogP contribution in [-0.4, -0.2) is 26.7 Å². The predicted molar refractivity (Wildman–Crippen MR) is 95.8 cm³/mol. The number of amides is 1. The van der Waals surface area contributed by atoms with Gasteiger partial charge in [0.1, 0.15) is 11.5 Å². The highest BCUT2D eigenvalue weighted by Gasteiger charge is 2.19. The maximum atomic E-state index is 12.8. The molecule has 24 heavy (non-hydrogen) atoms. The summed E-state index contributed by atoms with van der Waals surface area (Å²) in [6.45, 7) is 0.931. The maximum absolute atomic E-state index is 12.8. The van der Waals surface area contributed by atoms with E-state index in [2.05, 4.69) is 10.6 Å². The van der Waals surface area contributed by atoms with Crippen LogP contribution >= 0.6 is 11.6 Å². The van der Waals surface area contributed by atoms with Crippen LogP contribution in [-0.2, 0) is 6.42 Å². The van der Waals surface area contributed by atoms with E-state index in [1.807, 2.05) is 18.2 Å². The average Bonchev–Trinajstić information content (AvgIpc) is 2.61. The Balaban J connectivity index is 1.92. The quantitative estimate of drug-likeness (QED) is 0.879. The molecule has 1 aliphatic heterocycles. The van der Waals surface area contributed by atoms with E-state index in [4.69, 9.17) is 21.1 Å². The van der Waals surface area contributed by atoms with Crippen molar-refractivity contribution in [1.82, 2.24) is 0 Å². The van der Waals surface area contributed by atoms with Gasteiger partial charge in [0.2, 0.25) is 0 Å². The highest BCUT2D eigenvalue weighted by molar-refractivity contribution is 6.32. The van der Waals surface area contributed by atoms with Gasteiger partial charge in [0.25, 0.3) is 5.91 Å². The second-order valence-corrected chi connectivity index (χ2v) is 5.91. The number of carbonyl (C=O) groups excluding carboxylic acids is 1. The second-order valence-electron chi connectivity index (χ2n) is 5.50. The van der Waals surface area contributed by atoms with Crippen molar-refractivity contribution in [3.8, 4) is 11.5 Å². The first-order valence-corrected chi connectivity index (χ1v) is 8.10. The number of carbonyl (C=O) groups is 1. The van der Waals surface area contributed by atoms with Gasteiger partial charge in [-0.05, 0) is 36.6 Å². The topological polar surface area (TPSA) is 59.6 Å². The van der Waals surface area contributed by atoms with Gasteiger partial charge < -0.3 is 20.1 Å². The van der Waals surface area contributed by atoms with Crippen molar-refractivity contribution in [3.63, 3.8) is 0 Å². The molecule has 126 valence electrons. The van der Waals surface area contributed by atoms with Crippen LogP contribution in [0, 0.1) is 0 Å². The largest absolute Gasteiger partial charge is 0.495 e. The molecular formula is C18H19ClN2O3. The zero-order chi connectivity index (χ0) is 17.1. The molecule has 2 aromatic rings. The summed E-state index contributed by atoms with van der Waals surface area (Å²) in [5.74, 6) is 0.801. The molecule has 5 nitrogen and oxygen atoms in total. The minimum Gasteiger partial charge on any atom is -0.495 e. The molecule has 0 unspecified atom stereocenters. The number of nitrogens with one attached hydrogen (secondary N) is 2. The number of anilines is 2. The Bertz CT molecular complexity index is 777. The van der Waals surface area contributed by atoms with Crippen molar-refractivity contribution < 1.29 is 14.3 Å². The fourth-order valence-corrected chi connectivity index (χ4v) is 3.11. The van der Waals surface area contributed by atoms with Crippen LogP contribution in [0.3, 0.4) is 0 Å². The summed E-state index contributed by atoms with van der Waals surface area (Å²) in [5.41, 5.74) is 3.23. The Labute approximate surface area is 145 Å². The number of benzene rings is 2. The third kappa shape index (κ3) is 3.12. The summed E-state index contributed by atoms with van der Waals surface area (Å²) >= 11 is 6.16. The fraction of sp³-hybridized carbons (Fsp3) is 0.278. The van der Waals surface area contributed by atoms with Crippen LogP contribution in [0.5, 0.6) is 11.5 Å². The van der Waals surface area contributed by atoms with Crippen LogP contribution in [0.2, 0.25) is 5.02 Å². The van der Waals surface area contributed by atoms with E-state index in [-0.39, 0.29) is 5.91 Å². The van der Waals surface area contributed by atoms with E-state index in [0.717, 1.165) is 30.6 Å². The number of hydrogen-bond donors (Lipinski definition) is 2. The zero-order valence-electron chi connectivity index (χ0n) is 13.6. The minimum atomic E-state index is -0.185. The lowest BCUT2D eigenvalue weighted by Crippen LogP contribution is -2.19. The summed E-state index contributed by atoms with van der Waals surface area (Å²) in [4.78, 5) is 12.8. The molecular weight excluding hydrogens is 328 g/mol. The van der Waals surface area contributed by atoms with Crippen LogP contribution in [0.1, 0.15) is 22.3 Å². The SMILES string of the molecule is COc1cc(OC)c(NC(=O)c2cccc3c2CCCN3)cc1Cl. The van der Waals surface area contributed by atoms with Crippen LogP contribution in [0.4, 0.5) is 11.4 Å². The molecule has 0 fully saturated rings. The van der Waals surface area contributed by atoms with Gasteiger partial charge in [0.05, 0.1) is 24.9 Å². The van der Waals surface area contributed by atoms with Crippen LogP contribution in [0.15, 0.2) is 30.3 Å². The Hall–Kier alpha value is -2.40. The number of rotatable bonds is 4. The first-order valence-electron chi connectivity index (χ1n) is 7.72.